The molecule has 2 rings (SSSR count). The normalized spacial score (nSPS) is 10.6. The van der Waals surface area contributed by atoms with Gasteiger partial charge in [-0.3, -0.25) is 4.68 Å². The van der Waals surface area contributed by atoms with E-state index in [9.17, 15) is 0 Å². The zero-order valence-corrected chi connectivity index (χ0v) is 12.1. The minimum absolute atomic E-state index is 0.210. The van der Waals surface area contributed by atoms with Gasteiger partial charge in [0.05, 0.1) is 13.3 Å². The van der Waals surface area contributed by atoms with E-state index in [1.165, 1.54) is 0 Å². The fourth-order valence-corrected chi connectivity index (χ4v) is 1.93. The minimum atomic E-state index is 0.210. The van der Waals surface area contributed by atoms with Crippen LogP contribution in [0.5, 0.6) is 5.88 Å². The van der Waals surface area contributed by atoms with Crippen LogP contribution >= 0.6 is 0 Å². The molecule has 0 unspecified atom stereocenters. The first-order chi connectivity index (χ1) is 9.66. The Morgan fingerprint density at radius 2 is 2.15 bits per heavy atom. The van der Waals surface area contributed by atoms with Gasteiger partial charge in [-0.25, -0.2) is 0 Å². The van der Waals surface area contributed by atoms with Crippen molar-refractivity contribution in [2.75, 3.05) is 24.3 Å². The summed E-state index contributed by atoms with van der Waals surface area (Å²) in [7, 11) is 1.56. The summed E-state index contributed by atoms with van der Waals surface area (Å²) in [4.78, 5) is 10.4. The molecule has 0 saturated heterocycles. The van der Waals surface area contributed by atoms with Gasteiger partial charge in [0.25, 0.3) is 0 Å². The zero-order chi connectivity index (χ0) is 14.5. The molecule has 2 heterocycles. The van der Waals surface area contributed by atoms with Gasteiger partial charge in [0.15, 0.2) is 0 Å². The lowest BCUT2D eigenvalue weighted by atomic mass is 10.3. The maximum Gasteiger partial charge on any atom is 0.225 e. The van der Waals surface area contributed by atoms with Gasteiger partial charge >= 0.3 is 0 Å². The van der Waals surface area contributed by atoms with Gasteiger partial charge in [0, 0.05) is 37.5 Å². The highest BCUT2D eigenvalue weighted by Gasteiger charge is 2.11. The molecule has 7 nitrogen and oxygen atoms in total. The summed E-state index contributed by atoms with van der Waals surface area (Å²) in [5, 5.41) is 4.27. The summed E-state index contributed by atoms with van der Waals surface area (Å²) in [6.45, 7) is 6.51. The van der Waals surface area contributed by atoms with E-state index in [-0.39, 0.29) is 5.95 Å². The first-order valence-corrected chi connectivity index (χ1v) is 6.61. The molecule has 7 heteroatoms. The van der Waals surface area contributed by atoms with Crippen molar-refractivity contribution in [1.29, 1.82) is 0 Å². The highest BCUT2D eigenvalue weighted by molar-refractivity contribution is 5.45. The van der Waals surface area contributed by atoms with Crippen LogP contribution in [-0.2, 0) is 13.1 Å². The fraction of sp³-hybridized carbons (Fsp3) is 0.462. The number of aromatic nitrogens is 4. The van der Waals surface area contributed by atoms with Crippen molar-refractivity contribution in [3.8, 4) is 5.88 Å². The SMILES string of the molecule is CCN(Cc1cnn(CC)c1)c1cc(OC)nc(N)n1. The van der Waals surface area contributed by atoms with Crippen LogP contribution in [0.1, 0.15) is 19.4 Å². The molecule has 0 radical (unpaired) electrons. The first-order valence-electron chi connectivity index (χ1n) is 6.61. The largest absolute Gasteiger partial charge is 0.481 e. The summed E-state index contributed by atoms with van der Waals surface area (Å²) in [6, 6.07) is 1.78. The molecule has 0 amide bonds. The molecule has 108 valence electrons. The number of nitrogens with two attached hydrogens (primary N) is 1. The second-order valence-electron chi connectivity index (χ2n) is 4.35. The first kappa shape index (κ1) is 14.1. The van der Waals surface area contributed by atoms with Gasteiger partial charge in [-0.1, -0.05) is 0 Å². The average Bonchev–Trinajstić information content (AvgIpc) is 2.91. The van der Waals surface area contributed by atoms with E-state index in [0.29, 0.717) is 5.88 Å². The van der Waals surface area contributed by atoms with Crippen LogP contribution in [0.25, 0.3) is 0 Å². The molecule has 0 saturated carbocycles. The highest BCUT2D eigenvalue weighted by Crippen LogP contribution is 2.20. The van der Waals surface area contributed by atoms with Crippen molar-refractivity contribution < 1.29 is 4.74 Å². The summed E-state index contributed by atoms with van der Waals surface area (Å²) in [6.07, 6.45) is 3.90. The number of methoxy groups -OCH3 is 1. The molecular weight excluding hydrogens is 256 g/mol. The van der Waals surface area contributed by atoms with Crippen molar-refractivity contribution in [2.24, 2.45) is 0 Å². The molecule has 0 aliphatic heterocycles. The van der Waals surface area contributed by atoms with E-state index in [4.69, 9.17) is 10.5 Å². The van der Waals surface area contributed by atoms with Crippen LogP contribution in [0.4, 0.5) is 11.8 Å². The van der Waals surface area contributed by atoms with Crippen LogP contribution in [0.2, 0.25) is 0 Å². The fourth-order valence-electron chi connectivity index (χ4n) is 1.93. The second kappa shape index (κ2) is 6.23. The number of anilines is 2. The molecule has 0 atom stereocenters. The van der Waals surface area contributed by atoms with Gasteiger partial charge in [0.2, 0.25) is 11.8 Å². The van der Waals surface area contributed by atoms with Crippen LogP contribution in [0, 0.1) is 0 Å². The molecule has 0 spiro atoms. The Hall–Kier alpha value is -2.31. The van der Waals surface area contributed by atoms with E-state index >= 15 is 0 Å². The molecule has 0 aromatic carbocycles. The summed E-state index contributed by atoms with van der Waals surface area (Å²) in [5.41, 5.74) is 6.83. The third-order valence-corrected chi connectivity index (χ3v) is 3.01. The molecular formula is C13H20N6O. The van der Waals surface area contributed by atoms with E-state index in [2.05, 4.69) is 33.8 Å². The second-order valence-corrected chi connectivity index (χ2v) is 4.35. The van der Waals surface area contributed by atoms with Gasteiger partial charge in [-0.2, -0.15) is 15.1 Å². The van der Waals surface area contributed by atoms with Gasteiger partial charge in [-0.05, 0) is 13.8 Å². The van der Waals surface area contributed by atoms with E-state index < -0.39 is 0 Å². The summed E-state index contributed by atoms with van der Waals surface area (Å²) < 4.78 is 7.03. The number of nitrogen functional groups attached to an aromatic ring is 1. The predicted octanol–water partition coefficient (Wildman–Crippen LogP) is 1.31. The standard InChI is InChI=1S/C13H20N6O/c1-4-18(8-10-7-15-19(5-2)9-10)11-6-12(20-3)17-13(14)16-11/h6-7,9H,4-5,8H2,1-3H3,(H2,14,16,17). The Balaban J connectivity index is 2.21. The maximum absolute atomic E-state index is 5.70. The summed E-state index contributed by atoms with van der Waals surface area (Å²) in [5.74, 6) is 1.43. The number of rotatable bonds is 6. The molecule has 0 aliphatic rings. The molecule has 2 aromatic heterocycles. The average molecular weight is 276 g/mol. The predicted molar refractivity (Wildman–Crippen MR) is 77.6 cm³/mol. The Labute approximate surface area is 118 Å². The lowest BCUT2D eigenvalue weighted by molar-refractivity contribution is 0.397. The monoisotopic (exact) mass is 276 g/mol. The molecule has 20 heavy (non-hydrogen) atoms. The molecule has 0 aliphatic carbocycles. The highest BCUT2D eigenvalue weighted by atomic mass is 16.5. The summed E-state index contributed by atoms with van der Waals surface area (Å²) >= 11 is 0. The quantitative estimate of drug-likeness (QED) is 0.856. The number of aryl methyl sites for hydroxylation is 1. The van der Waals surface area contributed by atoms with Crippen molar-refractivity contribution in [2.45, 2.75) is 26.9 Å². The number of hydrogen-bond acceptors (Lipinski definition) is 6. The number of hydrogen-bond donors (Lipinski definition) is 1. The van der Waals surface area contributed by atoms with Crippen LogP contribution < -0.4 is 15.4 Å². The van der Waals surface area contributed by atoms with Crippen molar-refractivity contribution in [3.05, 3.63) is 24.0 Å². The third kappa shape index (κ3) is 3.17. The Morgan fingerprint density at radius 3 is 2.75 bits per heavy atom. The topological polar surface area (TPSA) is 82.1 Å². The molecule has 0 bridgehead atoms. The molecule has 0 fully saturated rings. The lowest BCUT2D eigenvalue weighted by Crippen LogP contribution is -2.23. The van der Waals surface area contributed by atoms with Crippen LogP contribution in [0.15, 0.2) is 18.5 Å². The van der Waals surface area contributed by atoms with Gasteiger partial charge in [-0.15, -0.1) is 0 Å². The minimum Gasteiger partial charge on any atom is -0.481 e. The number of nitrogens with zero attached hydrogens (tertiary/aromatic N) is 5. The van der Waals surface area contributed by atoms with Crippen molar-refractivity contribution >= 4 is 11.8 Å². The van der Waals surface area contributed by atoms with Crippen LogP contribution in [0.3, 0.4) is 0 Å². The third-order valence-electron chi connectivity index (χ3n) is 3.01. The Morgan fingerprint density at radius 1 is 1.35 bits per heavy atom. The van der Waals surface area contributed by atoms with E-state index in [1.54, 1.807) is 13.2 Å². The maximum atomic E-state index is 5.70. The Kier molecular flexibility index (Phi) is 4.39. The molecule has 2 aromatic rings. The zero-order valence-electron chi connectivity index (χ0n) is 12.1. The van der Waals surface area contributed by atoms with Crippen molar-refractivity contribution in [3.63, 3.8) is 0 Å². The number of ether oxygens (including phenoxy) is 1. The smallest absolute Gasteiger partial charge is 0.225 e. The van der Waals surface area contributed by atoms with E-state index in [1.807, 2.05) is 17.1 Å². The molecule has 2 N–H and O–H groups in total. The lowest BCUT2D eigenvalue weighted by Gasteiger charge is -2.21. The van der Waals surface area contributed by atoms with Crippen molar-refractivity contribution in [1.82, 2.24) is 19.7 Å². The van der Waals surface area contributed by atoms with E-state index in [0.717, 1.165) is 31.0 Å². The Bertz CT molecular complexity index is 568. The van der Waals surface area contributed by atoms with Crippen LogP contribution in [-0.4, -0.2) is 33.4 Å². The van der Waals surface area contributed by atoms with Gasteiger partial charge in [0.1, 0.15) is 5.82 Å². The van der Waals surface area contributed by atoms with Gasteiger partial charge < -0.3 is 15.4 Å².